The van der Waals surface area contributed by atoms with Gasteiger partial charge in [0, 0.05) is 11.8 Å². The molecule has 0 radical (unpaired) electrons. The molecule has 1 aromatic heterocycles. The Balaban J connectivity index is 2.55. The number of pyridine rings is 1. The van der Waals surface area contributed by atoms with E-state index in [0.29, 0.717) is 0 Å². The Bertz CT molecular complexity index is 1010. The number of nitrogens with zero attached hydrogens (tertiary/aromatic N) is 3. The number of sulfone groups is 1. The summed E-state index contributed by atoms with van der Waals surface area (Å²) in [4.78, 5) is 28.6. The van der Waals surface area contributed by atoms with E-state index in [4.69, 9.17) is 16.2 Å². The van der Waals surface area contributed by atoms with Crippen LogP contribution in [0.4, 0.5) is 5.82 Å². The number of carbonyl (C=O) groups is 1. The lowest BCUT2D eigenvalue weighted by atomic mass is 10.2. The number of nitrogens with two attached hydrogens (primary N) is 2. The number of hydrogen-bond acceptors (Lipinski definition) is 7. The zero-order chi connectivity index (χ0) is 19.5. The summed E-state index contributed by atoms with van der Waals surface area (Å²) in [6.45, 7) is 0. The van der Waals surface area contributed by atoms with Crippen molar-refractivity contribution in [2.75, 3.05) is 6.26 Å². The molecule has 1 amide bonds. The molecule has 0 aliphatic rings. The van der Waals surface area contributed by atoms with E-state index in [0.717, 1.165) is 12.3 Å². The molecule has 0 unspecified atom stereocenters. The van der Waals surface area contributed by atoms with Gasteiger partial charge in [-0.3, -0.25) is 4.79 Å². The number of carbonyl (C=O) groups excluding carboxylic acids is 1. The van der Waals surface area contributed by atoms with Gasteiger partial charge in [-0.25, -0.2) is 8.42 Å². The monoisotopic (exact) mass is 379 g/mol. The predicted octanol–water partition coefficient (Wildman–Crippen LogP) is 0.599. The molecular formula is C14H13N5O6S. The van der Waals surface area contributed by atoms with Gasteiger partial charge in [0.05, 0.1) is 0 Å². The first-order valence-corrected chi connectivity index (χ1v) is 8.74. The molecule has 11 nitrogen and oxygen atoms in total. The maximum atomic E-state index is 12.0. The van der Waals surface area contributed by atoms with Crippen molar-refractivity contribution in [1.82, 2.24) is 4.98 Å². The van der Waals surface area contributed by atoms with E-state index in [1.807, 2.05) is 0 Å². The molecule has 0 fully saturated rings. The van der Waals surface area contributed by atoms with Crippen molar-refractivity contribution in [3.8, 4) is 11.5 Å². The number of rotatable bonds is 5. The molecule has 12 heteroatoms. The summed E-state index contributed by atoms with van der Waals surface area (Å²) < 4.78 is 29.4. The molecule has 0 bridgehead atoms. The van der Waals surface area contributed by atoms with Gasteiger partial charge in [0.1, 0.15) is 16.8 Å². The number of guanidine groups is 1. The fourth-order valence-corrected chi connectivity index (χ4v) is 2.73. The smallest absolute Gasteiger partial charge is 0.406 e. The molecule has 1 heterocycles. The van der Waals surface area contributed by atoms with Crippen molar-refractivity contribution in [2.45, 2.75) is 4.90 Å². The van der Waals surface area contributed by atoms with Gasteiger partial charge in [-0.15, -0.1) is 0 Å². The Labute approximate surface area is 147 Å². The Morgan fingerprint density at radius 1 is 1.27 bits per heavy atom. The van der Waals surface area contributed by atoms with E-state index in [2.05, 4.69) is 9.98 Å². The van der Waals surface area contributed by atoms with E-state index in [1.165, 1.54) is 30.5 Å². The van der Waals surface area contributed by atoms with Crippen LogP contribution < -0.4 is 16.2 Å². The molecule has 1 aromatic carbocycles. The van der Waals surface area contributed by atoms with Crippen LogP contribution in [0.1, 0.15) is 10.4 Å². The average Bonchev–Trinajstić information content (AvgIpc) is 2.53. The van der Waals surface area contributed by atoms with Gasteiger partial charge < -0.3 is 26.3 Å². The van der Waals surface area contributed by atoms with Crippen LogP contribution in [0.3, 0.4) is 0 Å². The van der Waals surface area contributed by atoms with Crippen LogP contribution in [0, 0.1) is 10.1 Å². The SMILES string of the molecule is CS(=O)(=O)c1cc(C(=O)N=C(N)N)ccc1Oc1cccnc1[N+](=O)[O-]. The molecule has 4 N–H and O–H groups in total. The van der Waals surface area contributed by atoms with Crippen molar-refractivity contribution in [2.24, 2.45) is 16.5 Å². The molecule has 2 rings (SSSR count). The summed E-state index contributed by atoms with van der Waals surface area (Å²) >= 11 is 0. The van der Waals surface area contributed by atoms with Gasteiger partial charge in [0.15, 0.2) is 15.8 Å². The van der Waals surface area contributed by atoms with E-state index in [1.54, 1.807) is 0 Å². The highest BCUT2D eigenvalue weighted by Gasteiger charge is 2.22. The number of nitro groups is 1. The third kappa shape index (κ3) is 4.30. The Morgan fingerprint density at radius 2 is 1.96 bits per heavy atom. The second-order valence-corrected chi connectivity index (χ2v) is 6.94. The quantitative estimate of drug-likeness (QED) is 0.325. The Kier molecular flexibility index (Phi) is 5.16. The van der Waals surface area contributed by atoms with Crippen molar-refractivity contribution < 1.29 is 22.9 Å². The molecule has 2 aromatic rings. The lowest BCUT2D eigenvalue weighted by molar-refractivity contribution is -0.390. The number of aromatic nitrogens is 1. The predicted molar refractivity (Wildman–Crippen MR) is 90.7 cm³/mol. The standard InChI is InChI=1S/C14H13N5O6S/c1-26(23,24)11-7-8(13(20)18-14(15)16)4-5-9(11)25-10-3-2-6-17-12(10)19(21)22/h2-7H,1H3,(H4,15,16,18,20). The first-order chi connectivity index (χ1) is 12.1. The Hall–Kier alpha value is -3.54. The minimum Gasteiger partial charge on any atom is -0.447 e. The topological polar surface area (TPSA) is 181 Å². The zero-order valence-electron chi connectivity index (χ0n) is 13.3. The number of hydrogen-bond donors (Lipinski definition) is 2. The maximum Gasteiger partial charge on any atom is 0.406 e. The average molecular weight is 379 g/mol. The summed E-state index contributed by atoms with van der Waals surface area (Å²) in [5, 5.41) is 11.0. The second kappa shape index (κ2) is 7.14. The molecule has 0 spiro atoms. The van der Waals surface area contributed by atoms with Crippen LogP contribution in [0.2, 0.25) is 0 Å². The number of aliphatic imine (C=N–C) groups is 1. The van der Waals surface area contributed by atoms with Crippen molar-refractivity contribution in [1.29, 1.82) is 0 Å². The lowest BCUT2D eigenvalue weighted by Crippen LogP contribution is -2.24. The molecule has 136 valence electrons. The second-order valence-electron chi connectivity index (χ2n) is 4.96. The summed E-state index contributed by atoms with van der Waals surface area (Å²) in [5.41, 5.74) is 10.1. The largest absolute Gasteiger partial charge is 0.447 e. The van der Waals surface area contributed by atoms with E-state index < -0.39 is 32.4 Å². The fraction of sp³-hybridized carbons (Fsp3) is 0.0714. The molecule has 26 heavy (non-hydrogen) atoms. The zero-order valence-corrected chi connectivity index (χ0v) is 14.1. The van der Waals surface area contributed by atoms with Crippen molar-refractivity contribution >= 4 is 27.5 Å². The van der Waals surface area contributed by atoms with Crippen molar-refractivity contribution in [3.63, 3.8) is 0 Å². The van der Waals surface area contributed by atoms with Gasteiger partial charge in [-0.1, -0.05) is 0 Å². The number of ether oxygens (including phenoxy) is 1. The minimum absolute atomic E-state index is 0.105. The fourth-order valence-electron chi connectivity index (χ4n) is 1.91. The third-order valence-corrected chi connectivity index (χ3v) is 4.08. The number of amides is 1. The van der Waals surface area contributed by atoms with Gasteiger partial charge in [0.2, 0.25) is 5.75 Å². The highest BCUT2D eigenvalue weighted by Crippen LogP contribution is 2.33. The molecular weight excluding hydrogens is 366 g/mol. The van der Waals surface area contributed by atoms with E-state index >= 15 is 0 Å². The molecule has 0 saturated carbocycles. The molecule has 0 aliphatic carbocycles. The summed E-state index contributed by atoms with van der Waals surface area (Å²) in [6.07, 6.45) is 2.08. The summed E-state index contributed by atoms with van der Waals surface area (Å²) in [5.74, 6) is -2.40. The van der Waals surface area contributed by atoms with Crippen LogP contribution in [-0.2, 0) is 9.84 Å². The highest BCUT2D eigenvalue weighted by atomic mass is 32.2. The van der Waals surface area contributed by atoms with Crippen LogP contribution in [0.5, 0.6) is 11.5 Å². The molecule has 0 saturated heterocycles. The lowest BCUT2D eigenvalue weighted by Gasteiger charge is -2.11. The Morgan fingerprint density at radius 3 is 2.54 bits per heavy atom. The molecule has 0 atom stereocenters. The first kappa shape index (κ1) is 18.8. The van der Waals surface area contributed by atoms with Gasteiger partial charge in [-0.05, 0) is 40.2 Å². The highest BCUT2D eigenvalue weighted by molar-refractivity contribution is 7.90. The van der Waals surface area contributed by atoms with Crippen LogP contribution in [0.15, 0.2) is 46.4 Å². The summed E-state index contributed by atoms with van der Waals surface area (Å²) in [7, 11) is -3.85. The molecule has 0 aliphatic heterocycles. The number of benzene rings is 1. The van der Waals surface area contributed by atoms with E-state index in [-0.39, 0.29) is 22.0 Å². The normalized spacial score (nSPS) is 10.8. The van der Waals surface area contributed by atoms with Crippen LogP contribution >= 0.6 is 0 Å². The van der Waals surface area contributed by atoms with Crippen LogP contribution in [0.25, 0.3) is 0 Å². The maximum absolute atomic E-state index is 12.0. The third-order valence-electron chi connectivity index (χ3n) is 2.96. The first-order valence-electron chi connectivity index (χ1n) is 6.85. The van der Waals surface area contributed by atoms with Crippen LogP contribution in [-0.4, -0.2) is 36.4 Å². The van der Waals surface area contributed by atoms with Gasteiger partial charge in [-0.2, -0.15) is 4.99 Å². The minimum atomic E-state index is -3.85. The summed E-state index contributed by atoms with van der Waals surface area (Å²) in [6, 6.07) is 6.06. The van der Waals surface area contributed by atoms with E-state index in [9.17, 15) is 23.3 Å². The van der Waals surface area contributed by atoms with Crippen molar-refractivity contribution in [3.05, 3.63) is 52.2 Å². The van der Waals surface area contributed by atoms with Gasteiger partial charge >= 0.3 is 5.82 Å². The van der Waals surface area contributed by atoms with Gasteiger partial charge in [0.25, 0.3) is 5.91 Å².